The molecule has 0 aliphatic carbocycles. The van der Waals surface area contributed by atoms with Gasteiger partial charge < -0.3 is 4.74 Å². The van der Waals surface area contributed by atoms with Crippen molar-refractivity contribution >= 4 is 0 Å². The zero-order valence-electron chi connectivity index (χ0n) is 8.26. The summed E-state index contributed by atoms with van der Waals surface area (Å²) in [5, 5.41) is 8.39. The smallest absolute Gasteiger partial charge is 0.405 e. The highest BCUT2D eigenvalue weighted by Crippen LogP contribution is 2.35. The van der Waals surface area contributed by atoms with Crippen LogP contribution in [0.25, 0.3) is 0 Å². The second kappa shape index (κ2) is 4.99. The Labute approximate surface area is 93.2 Å². The van der Waals surface area contributed by atoms with E-state index in [4.69, 9.17) is 5.26 Å². The van der Waals surface area contributed by atoms with Gasteiger partial charge in [0.2, 0.25) is 0 Å². The SMILES string of the molecule is N#CCc1cccc(OC(F)(F)F)c1C(F)F. The van der Waals surface area contributed by atoms with Gasteiger partial charge in [-0.2, -0.15) is 5.26 Å². The van der Waals surface area contributed by atoms with Gasteiger partial charge in [-0.05, 0) is 11.6 Å². The first-order valence-electron chi connectivity index (χ1n) is 4.38. The number of ether oxygens (including phenoxy) is 1. The minimum atomic E-state index is -5.05. The summed E-state index contributed by atoms with van der Waals surface area (Å²) in [6.45, 7) is 0. The zero-order chi connectivity index (χ0) is 13.1. The van der Waals surface area contributed by atoms with E-state index in [0.29, 0.717) is 0 Å². The van der Waals surface area contributed by atoms with E-state index >= 15 is 0 Å². The van der Waals surface area contributed by atoms with Crippen molar-refractivity contribution in [2.75, 3.05) is 0 Å². The molecule has 0 aromatic heterocycles. The Morgan fingerprint density at radius 1 is 1.29 bits per heavy atom. The van der Waals surface area contributed by atoms with Crippen LogP contribution in [0.4, 0.5) is 22.0 Å². The van der Waals surface area contributed by atoms with E-state index in [1.165, 1.54) is 0 Å². The summed E-state index contributed by atoms with van der Waals surface area (Å²) in [6.07, 6.45) is -8.60. The maximum Gasteiger partial charge on any atom is 0.573 e. The third kappa shape index (κ3) is 3.59. The first-order chi connectivity index (χ1) is 7.85. The minimum absolute atomic E-state index is 0.177. The number of rotatable bonds is 3. The number of hydrogen-bond donors (Lipinski definition) is 0. The summed E-state index contributed by atoms with van der Waals surface area (Å²) in [5.41, 5.74) is -1.07. The van der Waals surface area contributed by atoms with Gasteiger partial charge in [0.05, 0.1) is 18.1 Å². The van der Waals surface area contributed by atoms with E-state index < -0.39 is 30.5 Å². The number of halogens is 5. The van der Waals surface area contributed by atoms with E-state index in [-0.39, 0.29) is 5.56 Å². The van der Waals surface area contributed by atoms with E-state index in [1.807, 2.05) is 0 Å². The fourth-order valence-electron chi connectivity index (χ4n) is 1.29. The number of benzene rings is 1. The molecular formula is C10H6F5NO. The molecule has 0 heterocycles. The second-order valence-corrected chi connectivity index (χ2v) is 3.01. The third-order valence-corrected chi connectivity index (χ3v) is 1.87. The summed E-state index contributed by atoms with van der Waals surface area (Å²) in [7, 11) is 0. The first kappa shape index (κ1) is 13.2. The van der Waals surface area contributed by atoms with Gasteiger partial charge in [0.1, 0.15) is 5.75 Å². The molecular weight excluding hydrogens is 245 g/mol. The molecule has 0 aliphatic rings. The monoisotopic (exact) mass is 251 g/mol. The lowest BCUT2D eigenvalue weighted by atomic mass is 10.0. The van der Waals surface area contributed by atoms with Crippen LogP contribution < -0.4 is 4.74 Å². The van der Waals surface area contributed by atoms with Crippen LogP contribution in [0.1, 0.15) is 17.6 Å². The number of nitriles is 1. The van der Waals surface area contributed by atoms with E-state index in [0.717, 1.165) is 18.2 Å². The van der Waals surface area contributed by atoms with Crippen LogP contribution in [0.3, 0.4) is 0 Å². The van der Waals surface area contributed by atoms with Crippen molar-refractivity contribution in [3.63, 3.8) is 0 Å². The van der Waals surface area contributed by atoms with Crippen molar-refractivity contribution in [3.05, 3.63) is 29.3 Å². The maximum absolute atomic E-state index is 12.6. The van der Waals surface area contributed by atoms with Crippen molar-refractivity contribution in [2.24, 2.45) is 0 Å². The Kier molecular flexibility index (Phi) is 3.89. The van der Waals surface area contributed by atoms with Crippen molar-refractivity contribution in [1.29, 1.82) is 5.26 Å². The van der Waals surface area contributed by atoms with Crippen LogP contribution in [0.5, 0.6) is 5.75 Å². The molecule has 0 N–H and O–H groups in total. The van der Waals surface area contributed by atoms with Crippen molar-refractivity contribution < 1.29 is 26.7 Å². The molecule has 0 radical (unpaired) electrons. The molecule has 1 aromatic rings. The highest BCUT2D eigenvalue weighted by molar-refractivity contribution is 5.42. The zero-order valence-corrected chi connectivity index (χ0v) is 8.26. The number of alkyl halides is 5. The first-order valence-corrected chi connectivity index (χ1v) is 4.38. The van der Waals surface area contributed by atoms with E-state index in [2.05, 4.69) is 4.74 Å². The predicted octanol–water partition coefficient (Wildman–Crippen LogP) is 3.59. The molecule has 2 nitrogen and oxygen atoms in total. The highest BCUT2D eigenvalue weighted by Gasteiger charge is 2.33. The minimum Gasteiger partial charge on any atom is -0.405 e. The summed E-state index contributed by atoms with van der Waals surface area (Å²) in [4.78, 5) is 0. The Morgan fingerprint density at radius 2 is 1.94 bits per heavy atom. The van der Waals surface area contributed by atoms with Gasteiger partial charge >= 0.3 is 6.36 Å². The molecule has 0 fully saturated rings. The topological polar surface area (TPSA) is 33.0 Å². The number of hydrogen-bond acceptors (Lipinski definition) is 2. The fraction of sp³-hybridized carbons (Fsp3) is 0.300. The van der Waals surface area contributed by atoms with Crippen molar-refractivity contribution in [2.45, 2.75) is 19.2 Å². The normalized spacial score (nSPS) is 11.4. The van der Waals surface area contributed by atoms with Crippen molar-refractivity contribution in [3.8, 4) is 11.8 Å². The summed E-state index contributed by atoms with van der Waals surface area (Å²) < 4.78 is 64.7. The Balaban J connectivity index is 3.21. The van der Waals surface area contributed by atoms with Gasteiger partial charge in [-0.3, -0.25) is 0 Å². The average Bonchev–Trinajstić information content (AvgIpc) is 2.15. The molecule has 0 unspecified atom stereocenters. The molecule has 0 bridgehead atoms. The van der Waals surface area contributed by atoms with Crippen LogP contribution in [0.2, 0.25) is 0 Å². The van der Waals surface area contributed by atoms with Gasteiger partial charge in [0.15, 0.2) is 0 Å². The van der Waals surface area contributed by atoms with Crippen LogP contribution in [-0.4, -0.2) is 6.36 Å². The quantitative estimate of drug-likeness (QED) is 0.769. The fourth-order valence-corrected chi connectivity index (χ4v) is 1.29. The molecule has 0 atom stereocenters. The summed E-state index contributed by atoms with van der Waals surface area (Å²) >= 11 is 0. The Morgan fingerprint density at radius 3 is 2.41 bits per heavy atom. The van der Waals surface area contributed by atoms with E-state index in [9.17, 15) is 22.0 Å². The largest absolute Gasteiger partial charge is 0.573 e. The molecule has 0 saturated carbocycles. The maximum atomic E-state index is 12.6. The van der Waals surface area contributed by atoms with Gasteiger partial charge in [-0.1, -0.05) is 12.1 Å². The lowest BCUT2D eigenvalue weighted by Gasteiger charge is -2.14. The highest BCUT2D eigenvalue weighted by atomic mass is 19.4. The van der Waals surface area contributed by atoms with Crippen LogP contribution in [0, 0.1) is 11.3 Å². The van der Waals surface area contributed by atoms with Crippen LogP contribution >= 0.6 is 0 Å². The lowest BCUT2D eigenvalue weighted by Crippen LogP contribution is -2.18. The molecule has 0 amide bonds. The molecule has 92 valence electrons. The van der Waals surface area contributed by atoms with Gasteiger partial charge in [0, 0.05) is 0 Å². The Bertz CT molecular complexity index is 435. The lowest BCUT2D eigenvalue weighted by molar-refractivity contribution is -0.275. The molecule has 17 heavy (non-hydrogen) atoms. The molecule has 1 aromatic carbocycles. The molecule has 7 heteroatoms. The standard InChI is InChI=1S/C10H6F5NO/c11-9(12)8-6(4-5-16)2-1-3-7(8)17-10(13,14)15/h1-3,9H,4H2. The Hall–Kier alpha value is -1.84. The summed E-state index contributed by atoms with van der Waals surface area (Å²) in [6, 6.07) is 4.67. The molecule has 1 rings (SSSR count). The van der Waals surface area contributed by atoms with Gasteiger partial charge in [-0.15, -0.1) is 13.2 Å². The second-order valence-electron chi connectivity index (χ2n) is 3.01. The molecule has 0 spiro atoms. The molecule has 0 saturated heterocycles. The molecule has 0 aliphatic heterocycles. The van der Waals surface area contributed by atoms with E-state index in [1.54, 1.807) is 6.07 Å². The predicted molar refractivity (Wildman–Crippen MR) is 47.4 cm³/mol. The van der Waals surface area contributed by atoms with Gasteiger partial charge in [-0.25, -0.2) is 8.78 Å². The van der Waals surface area contributed by atoms with Crippen molar-refractivity contribution in [1.82, 2.24) is 0 Å². The average molecular weight is 251 g/mol. The third-order valence-electron chi connectivity index (χ3n) is 1.87. The summed E-state index contributed by atoms with van der Waals surface area (Å²) in [5.74, 6) is -0.972. The van der Waals surface area contributed by atoms with Gasteiger partial charge in [0.25, 0.3) is 6.43 Å². The van der Waals surface area contributed by atoms with Crippen LogP contribution in [-0.2, 0) is 6.42 Å². The number of nitrogens with zero attached hydrogens (tertiary/aromatic N) is 1. The van der Waals surface area contributed by atoms with Crippen LogP contribution in [0.15, 0.2) is 18.2 Å².